The molecule has 2 heterocycles. The summed E-state index contributed by atoms with van der Waals surface area (Å²) < 4.78 is 6.64. The van der Waals surface area contributed by atoms with E-state index in [4.69, 9.17) is 9.40 Å². The van der Waals surface area contributed by atoms with E-state index in [0.29, 0.717) is 5.92 Å². The van der Waals surface area contributed by atoms with Crippen molar-refractivity contribution in [1.29, 1.82) is 0 Å². The van der Waals surface area contributed by atoms with Gasteiger partial charge in [0.25, 0.3) is 0 Å². The molecule has 0 amide bonds. The molecule has 2 nitrogen and oxygen atoms in total. The smallest absolute Gasteiger partial charge is 0.142 e. The van der Waals surface area contributed by atoms with Gasteiger partial charge in [0.1, 0.15) is 11.2 Å². The molecule has 6 rings (SSSR count). The highest BCUT2D eigenvalue weighted by molar-refractivity contribution is 6.17. The topological polar surface area (TPSA) is 26.0 Å². The van der Waals surface area contributed by atoms with Crippen molar-refractivity contribution in [2.75, 3.05) is 0 Å². The highest BCUT2D eigenvalue weighted by Crippen LogP contribution is 2.52. The molecular formula is C30H29NO. The lowest BCUT2D eigenvalue weighted by Crippen LogP contribution is -2.20. The van der Waals surface area contributed by atoms with Gasteiger partial charge in [-0.15, -0.1) is 0 Å². The average molecular weight is 420 g/mol. The molecule has 3 aromatic carbocycles. The normalized spacial score (nSPS) is 14.6. The third kappa shape index (κ3) is 2.50. The van der Waals surface area contributed by atoms with Crippen LogP contribution in [0.3, 0.4) is 0 Å². The molecule has 0 aliphatic heterocycles. The van der Waals surface area contributed by atoms with Crippen molar-refractivity contribution in [3.05, 3.63) is 76.5 Å². The Morgan fingerprint density at radius 2 is 1.75 bits per heavy atom. The zero-order valence-electron chi connectivity index (χ0n) is 19.8. The second kappa shape index (κ2) is 6.45. The van der Waals surface area contributed by atoms with Crippen molar-refractivity contribution < 1.29 is 4.42 Å². The maximum Gasteiger partial charge on any atom is 0.142 e. The molecule has 0 saturated heterocycles. The fourth-order valence-corrected chi connectivity index (χ4v) is 5.83. The van der Waals surface area contributed by atoms with E-state index in [1.807, 2.05) is 6.20 Å². The molecular weight excluding hydrogens is 390 g/mol. The first-order valence-electron chi connectivity index (χ1n) is 11.7. The van der Waals surface area contributed by atoms with Gasteiger partial charge in [-0.3, -0.25) is 4.98 Å². The van der Waals surface area contributed by atoms with E-state index in [0.717, 1.165) is 28.8 Å². The summed E-state index contributed by atoms with van der Waals surface area (Å²) in [6.45, 7) is 13.5. The van der Waals surface area contributed by atoms with Crippen molar-refractivity contribution in [3.8, 4) is 11.3 Å². The van der Waals surface area contributed by atoms with Crippen LogP contribution in [0.5, 0.6) is 0 Å². The van der Waals surface area contributed by atoms with Crippen molar-refractivity contribution in [2.45, 2.75) is 53.4 Å². The minimum absolute atomic E-state index is 0.190. The molecule has 0 atom stereocenters. The summed E-state index contributed by atoms with van der Waals surface area (Å²) in [7, 11) is 0. The van der Waals surface area contributed by atoms with E-state index >= 15 is 0 Å². The van der Waals surface area contributed by atoms with E-state index < -0.39 is 0 Å². The number of pyridine rings is 1. The van der Waals surface area contributed by atoms with Crippen molar-refractivity contribution in [1.82, 2.24) is 4.98 Å². The number of aryl methyl sites for hydroxylation is 2. The monoisotopic (exact) mass is 419 g/mol. The first-order valence-corrected chi connectivity index (χ1v) is 11.7. The van der Waals surface area contributed by atoms with Crippen LogP contribution >= 0.6 is 0 Å². The van der Waals surface area contributed by atoms with Crippen LogP contribution in [0.2, 0.25) is 0 Å². The predicted octanol–water partition coefficient (Wildman–Crippen LogP) is 8.26. The molecule has 5 aromatic rings. The zero-order chi connectivity index (χ0) is 22.4. The number of rotatable bonds is 2. The zero-order valence-corrected chi connectivity index (χ0v) is 19.8. The van der Waals surface area contributed by atoms with Crippen LogP contribution in [0, 0.1) is 19.8 Å². The van der Waals surface area contributed by atoms with Crippen molar-refractivity contribution in [3.63, 3.8) is 0 Å². The van der Waals surface area contributed by atoms with Crippen molar-refractivity contribution in [2.24, 2.45) is 5.92 Å². The second-order valence-electron chi connectivity index (χ2n) is 10.5. The lowest BCUT2D eigenvalue weighted by molar-refractivity contribution is 0.617. The maximum absolute atomic E-state index is 6.64. The molecule has 2 heteroatoms. The Morgan fingerprint density at radius 1 is 0.938 bits per heavy atom. The van der Waals surface area contributed by atoms with E-state index in [1.165, 1.54) is 49.4 Å². The van der Waals surface area contributed by atoms with Gasteiger partial charge in [0.15, 0.2) is 0 Å². The Bertz CT molecular complexity index is 1570. The third-order valence-electron chi connectivity index (χ3n) is 7.26. The van der Waals surface area contributed by atoms with Gasteiger partial charge in [0.05, 0.1) is 11.1 Å². The SMILES string of the molecule is Cc1ccc2c3c(ccc2c1)-c1ncc(C)c2oc4c(CC(C)C)ccc(c4c12)C3(C)C. The number of furan rings is 1. The van der Waals surface area contributed by atoms with Crippen LogP contribution < -0.4 is 0 Å². The average Bonchev–Trinajstić information content (AvgIpc) is 3.11. The summed E-state index contributed by atoms with van der Waals surface area (Å²) in [5, 5.41) is 5.04. The van der Waals surface area contributed by atoms with E-state index in [1.54, 1.807) is 0 Å². The Labute approximate surface area is 189 Å². The van der Waals surface area contributed by atoms with Gasteiger partial charge in [-0.1, -0.05) is 75.7 Å². The number of nitrogens with zero attached hydrogens (tertiary/aromatic N) is 1. The van der Waals surface area contributed by atoms with Crippen LogP contribution in [0.1, 0.15) is 55.5 Å². The molecule has 0 bridgehead atoms. The standard InChI is InChI=1S/C30H29NO/c1-16(2)13-20-9-12-23-24-25-27(31-15-18(4)28(25)32-29(20)24)22-11-8-19-14-17(3)7-10-21(19)26(22)30(23,5)6/h7-12,14-16H,13H2,1-6H3. The number of aromatic nitrogens is 1. The number of hydrogen-bond acceptors (Lipinski definition) is 2. The molecule has 2 aromatic heterocycles. The largest absolute Gasteiger partial charge is 0.455 e. The molecule has 0 saturated carbocycles. The van der Waals surface area contributed by atoms with E-state index in [-0.39, 0.29) is 5.41 Å². The summed E-state index contributed by atoms with van der Waals surface area (Å²) in [6, 6.07) is 16.0. The molecule has 0 unspecified atom stereocenters. The Balaban J connectivity index is 1.85. The summed E-state index contributed by atoms with van der Waals surface area (Å²) in [4.78, 5) is 5.01. The molecule has 0 N–H and O–H groups in total. The predicted molar refractivity (Wildman–Crippen MR) is 135 cm³/mol. The van der Waals surface area contributed by atoms with Crippen LogP contribution in [0.25, 0.3) is 44.0 Å². The first-order chi connectivity index (χ1) is 15.3. The summed E-state index contributed by atoms with van der Waals surface area (Å²) >= 11 is 0. The molecule has 0 fully saturated rings. The molecule has 1 aliphatic rings. The third-order valence-corrected chi connectivity index (χ3v) is 7.26. The van der Waals surface area contributed by atoms with Gasteiger partial charge < -0.3 is 4.42 Å². The van der Waals surface area contributed by atoms with Gasteiger partial charge >= 0.3 is 0 Å². The fourth-order valence-electron chi connectivity index (χ4n) is 5.83. The molecule has 0 spiro atoms. The second-order valence-corrected chi connectivity index (χ2v) is 10.5. The quantitative estimate of drug-likeness (QED) is 0.288. The highest BCUT2D eigenvalue weighted by Gasteiger charge is 2.36. The van der Waals surface area contributed by atoms with Crippen molar-refractivity contribution >= 4 is 32.7 Å². The number of benzene rings is 3. The Morgan fingerprint density at radius 3 is 2.53 bits per heavy atom. The molecule has 1 aliphatic carbocycles. The minimum atomic E-state index is -0.190. The highest BCUT2D eigenvalue weighted by atomic mass is 16.3. The van der Waals surface area contributed by atoms with Crippen LogP contribution in [-0.2, 0) is 11.8 Å². The number of fused-ring (bicyclic) bond motifs is 4. The van der Waals surface area contributed by atoms with Gasteiger partial charge in [-0.2, -0.15) is 0 Å². The molecule has 0 radical (unpaired) electrons. The van der Waals surface area contributed by atoms with Crippen LogP contribution in [0.15, 0.2) is 53.1 Å². The molecule has 160 valence electrons. The Hall–Kier alpha value is -3.13. The maximum atomic E-state index is 6.64. The summed E-state index contributed by atoms with van der Waals surface area (Å²) in [5.74, 6) is 0.568. The summed E-state index contributed by atoms with van der Waals surface area (Å²) in [6.07, 6.45) is 2.98. The first kappa shape index (κ1) is 19.5. The lowest BCUT2D eigenvalue weighted by atomic mass is 9.73. The van der Waals surface area contributed by atoms with Gasteiger partial charge in [0, 0.05) is 28.1 Å². The number of hydrogen-bond donors (Lipinski definition) is 0. The van der Waals surface area contributed by atoms with E-state index in [2.05, 4.69) is 84.0 Å². The fraction of sp³-hybridized carbons (Fsp3) is 0.300. The minimum Gasteiger partial charge on any atom is -0.455 e. The van der Waals surface area contributed by atoms with E-state index in [9.17, 15) is 0 Å². The van der Waals surface area contributed by atoms with Crippen LogP contribution in [-0.4, -0.2) is 4.98 Å². The Kier molecular flexibility index (Phi) is 3.94. The van der Waals surface area contributed by atoms with Gasteiger partial charge in [-0.25, -0.2) is 0 Å². The lowest BCUT2D eigenvalue weighted by Gasteiger charge is -2.29. The van der Waals surface area contributed by atoms with Gasteiger partial charge in [-0.05, 0) is 53.6 Å². The van der Waals surface area contributed by atoms with Crippen LogP contribution in [0.4, 0.5) is 0 Å². The molecule has 32 heavy (non-hydrogen) atoms. The van der Waals surface area contributed by atoms with Gasteiger partial charge in [0.2, 0.25) is 0 Å². The summed E-state index contributed by atoms with van der Waals surface area (Å²) in [5.41, 5.74) is 10.5.